The van der Waals surface area contributed by atoms with E-state index in [0.29, 0.717) is 6.42 Å². The normalized spacial score (nSPS) is 14.9. The highest BCUT2D eigenvalue weighted by molar-refractivity contribution is 5.91. The van der Waals surface area contributed by atoms with Gasteiger partial charge in [0.2, 0.25) is 5.91 Å². The molecule has 0 aromatic heterocycles. The third-order valence-electron chi connectivity index (χ3n) is 2.89. The molecule has 1 heterocycles. The van der Waals surface area contributed by atoms with Crippen molar-refractivity contribution < 1.29 is 4.79 Å². The molecular weight excluding hydrogens is 200 g/mol. The topological polar surface area (TPSA) is 32.3 Å². The lowest BCUT2D eigenvalue weighted by molar-refractivity contribution is -0.116. The molecule has 1 aliphatic rings. The van der Waals surface area contributed by atoms with Gasteiger partial charge >= 0.3 is 0 Å². The van der Waals surface area contributed by atoms with Gasteiger partial charge in [0.15, 0.2) is 0 Å². The van der Waals surface area contributed by atoms with Gasteiger partial charge in [0.05, 0.1) is 0 Å². The minimum atomic E-state index is 0.116. The van der Waals surface area contributed by atoms with Crippen molar-refractivity contribution in [2.75, 3.05) is 12.4 Å². The van der Waals surface area contributed by atoms with Crippen LogP contribution in [-0.4, -0.2) is 17.9 Å². The summed E-state index contributed by atoms with van der Waals surface area (Å²) in [6.45, 7) is 3.92. The van der Waals surface area contributed by atoms with E-state index in [1.54, 1.807) is 0 Å². The molecule has 16 heavy (non-hydrogen) atoms. The predicted molar refractivity (Wildman–Crippen MR) is 65.2 cm³/mol. The molecule has 0 spiro atoms. The second-order valence-electron chi connectivity index (χ2n) is 4.41. The van der Waals surface area contributed by atoms with E-state index < -0.39 is 0 Å². The van der Waals surface area contributed by atoms with Crippen LogP contribution in [0.4, 0.5) is 5.69 Å². The SMILES string of the molecule is CCCC(=O)Nc1cccc2c1CN(C)C2. The lowest BCUT2D eigenvalue weighted by Gasteiger charge is -2.09. The van der Waals surface area contributed by atoms with Gasteiger partial charge in [0, 0.05) is 25.2 Å². The number of rotatable bonds is 3. The Bertz CT molecular complexity index is 401. The van der Waals surface area contributed by atoms with E-state index in [2.05, 4.69) is 23.3 Å². The number of hydrogen-bond donors (Lipinski definition) is 1. The molecule has 1 aromatic carbocycles. The van der Waals surface area contributed by atoms with Gasteiger partial charge in [-0.3, -0.25) is 9.69 Å². The smallest absolute Gasteiger partial charge is 0.224 e. The summed E-state index contributed by atoms with van der Waals surface area (Å²) >= 11 is 0. The summed E-state index contributed by atoms with van der Waals surface area (Å²) in [5, 5.41) is 3.00. The zero-order valence-electron chi connectivity index (χ0n) is 9.92. The van der Waals surface area contributed by atoms with Gasteiger partial charge in [-0.1, -0.05) is 19.1 Å². The van der Waals surface area contributed by atoms with Crippen molar-refractivity contribution in [1.82, 2.24) is 4.90 Å². The molecule has 0 saturated heterocycles. The number of anilines is 1. The second-order valence-corrected chi connectivity index (χ2v) is 4.41. The van der Waals surface area contributed by atoms with Crippen molar-refractivity contribution in [3.8, 4) is 0 Å². The highest BCUT2D eigenvalue weighted by Crippen LogP contribution is 2.28. The fourth-order valence-electron chi connectivity index (χ4n) is 2.14. The third-order valence-corrected chi connectivity index (χ3v) is 2.89. The molecule has 2 rings (SSSR count). The largest absolute Gasteiger partial charge is 0.326 e. The quantitative estimate of drug-likeness (QED) is 0.844. The van der Waals surface area contributed by atoms with Crippen molar-refractivity contribution in [2.45, 2.75) is 32.9 Å². The predicted octanol–water partition coefficient (Wildman–Crippen LogP) is 2.37. The summed E-state index contributed by atoms with van der Waals surface area (Å²) in [6.07, 6.45) is 1.49. The second kappa shape index (κ2) is 4.66. The first-order chi connectivity index (χ1) is 7.70. The van der Waals surface area contributed by atoms with Crippen LogP contribution in [0.2, 0.25) is 0 Å². The summed E-state index contributed by atoms with van der Waals surface area (Å²) in [6, 6.07) is 6.14. The van der Waals surface area contributed by atoms with E-state index in [4.69, 9.17) is 0 Å². The summed E-state index contributed by atoms with van der Waals surface area (Å²) in [5.41, 5.74) is 3.59. The maximum atomic E-state index is 11.6. The molecule has 3 heteroatoms. The average Bonchev–Trinajstić information content (AvgIpc) is 2.60. The number of nitrogens with one attached hydrogen (secondary N) is 1. The molecule has 1 N–H and O–H groups in total. The fourth-order valence-corrected chi connectivity index (χ4v) is 2.14. The summed E-state index contributed by atoms with van der Waals surface area (Å²) in [4.78, 5) is 13.8. The molecule has 0 radical (unpaired) electrons. The maximum absolute atomic E-state index is 11.6. The average molecular weight is 218 g/mol. The van der Waals surface area contributed by atoms with Gasteiger partial charge in [0.25, 0.3) is 0 Å². The van der Waals surface area contributed by atoms with Crippen LogP contribution in [0, 0.1) is 0 Å². The van der Waals surface area contributed by atoms with Gasteiger partial charge in [-0.2, -0.15) is 0 Å². The molecule has 1 aliphatic heterocycles. The number of carbonyl (C=O) groups excluding carboxylic acids is 1. The Labute approximate surface area is 96.5 Å². The van der Waals surface area contributed by atoms with Crippen molar-refractivity contribution in [2.24, 2.45) is 0 Å². The van der Waals surface area contributed by atoms with Gasteiger partial charge in [-0.25, -0.2) is 0 Å². The lowest BCUT2D eigenvalue weighted by Crippen LogP contribution is -2.13. The first-order valence-corrected chi connectivity index (χ1v) is 5.80. The molecule has 0 bridgehead atoms. The zero-order valence-corrected chi connectivity index (χ0v) is 9.92. The summed E-state index contributed by atoms with van der Waals surface area (Å²) in [5.74, 6) is 0.116. The molecule has 0 saturated carbocycles. The van der Waals surface area contributed by atoms with Crippen molar-refractivity contribution >= 4 is 11.6 Å². The van der Waals surface area contributed by atoms with Gasteiger partial charge in [-0.05, 0) is 30.7 Å². The summed E-state index contributed by atoms with van der Waals surface area (Å²) < 4.78 is 0. The highest BCUT2D eigenvalue weighted by atomic mass is 16.1. The van der Waals surface area contributed by atoms with Crippen LogP contribution < -0.4 is 5.32 Å². The Balaban J connectivity index is 2.17. The zero-order chi connectivity index (χ0) is 11.5. The Kier molecular flexibility index (Phi) is 3.25. The van der Waals surface area contributed by atoms with E-state index in [1.807, 2.05) is 19.1 Å². The van der Waals surface area contributed by atoms with E-state index in [0.717, 1.165) is 25.2 Å². The fraction of sp³-hybridized carbons (Fsp3) is 0.462. The maximum Gasteiger partial charge on any atom is 0.224 e. The molecule has 1 amide bonds. The Morgan fingerprint density at radius 3 is 3.00 bits per heavy atom. The Morgan fingerprint density at radius 2 is 2.25 bits per heavy atom. The summed E-state index contributed by atoms with van der Waals surface area (Å²) in [7, 11) is 2.09. The van der Waals surface area contributed by atoms with Gasteiger partial charge < -0.3 is 5.32 Å². The number of fused-ring (bicyclic) bond motifs is 1. The molecule has 3 nitrogen and oxygen atoms in total. The van der Waals surface area contributed by atoms with Gasteiger partial charge in [0.1, 0.15) is 0 Å². The molecule has 86 valence electrons. The van der Waals surface area contributed by atoms with Crippen LogP contribution in [0.15, 0.2) is 18.2 Å². The van der Waals surface area contributed by atoms with E-state index >= 15 is 0 Å². The minimum Gasteiger partial charge on any atom is -0.326 e. The van der Waals surface area contributed by atoms with Crippen LogP contribution in [0.1, 0.15) is 30.9 Å². The Morgan fingerprint density at radius 1 is 1.44 bits per heavy atom. The van der Waals surface area contributed by atoms with E-state index in [9.17, 15) is 4.79 Å². The lowest BCUT2D eigenvalue weighted by atomic mass is 10.1. The van der Waals surface area contributed by atoms with Crippen LogP contribution in [0.25, 0.3) is 0 Å². The van der Waals surface area contributed by atoms with Crippen LogP contribution in [0.3, 0.4) is 0 Å². The first kappa shape index (κ1) is 11.1. The molecule has 0 atom stereocenters. The van der Waals surface area contributed by atoms with E-state index in [1.165, 1.54) is 11.1 Å². The van der Waals surface area contributed by atoms with Crippen LogP contribution >= 0.6 is 0 Å². The number of carbonyl (C=O) groups is 1. The minimum absolute atomic E-state index is 0.116. The van der Waals surface area contributed by atoms with Crippen LogP contribution in [-0.2, 0) is 17.9 Å². The molecule has 0 unspecified atom stereocenters. The van der Waals surface area contributed by atoms with Crippen LogP contribution in [0.5, 0.6) is 0 Å². The monoisotopic (exact) mass is 218 g/mol. The Hall–Kier alpha value is -1.35. The third kappa shape index (κ3) is 2.25. The highest BCUT2D eigenvalue weighted by Gasteiger charge is 2.18. The first-order valence-electron chi connectivity index (χ1n) is 5.80. The molecule has 0 aliphatic carbocycles. The van der Waals surface area contributed by atoms with Crippen molar-refractivity contribution in [3.05, 3.63) is 29.3 Å². The number of amides is 1. The van der Waals surface area contributed by atoms with Crippen molar-refractivity contribution in [3.63, 3.8) is 0 Å². The number of hydrogen-bond acceptors (Lipinski definition) is 2. The van der Waals surface area contributed by atoms with Gasteiger partial charge in [-0.15, -0.1) is 0 Å². The number of nitrogens with zero attached hydrogens (tertiary/aromatic N) is 1. The number of benzene rings is 1. The van der Waals surface area contributed by atoms with Crippen molar-refractivity contribution in [1.29, 1.82) is 0 Å². The molecule has 1 aromatic rings. The molecule has 0 fully saturated rings. The standard InChI is InChI=1S/C13H18N2O/c1-3-5-13(16)14-12-7-4-6-10-8-15(2)9-11(10)12/h4,6-7H,3,5,8-9H2,1-2H3,(H,14,16). The molecular formula is C13H18N2O. The van der Waals surface area contributed by atoms with E-state index in [-0.39, 0.29) is 5.91 Å².